The molecule has 0 fully saturated rings. The number of nitriles is 1. The first kappa shape index (κ1) is 11.9. The van der Waals surface area contributed by atoms with Crippen molar-refractivity contribution in [1.29, 1.82) is 5.26 Å². The van der Waals surface area contributed by atoms with E-state index in [2.05, 4.69) is 15.3 Å². The monoisotopic (exact) mass is 240 g/mol. The second-order valence-corrected chi connectivity index (χ2v) is 3.48. The normalized spacial score (nSPS) is 9.56. The summed E-state index contributed by atoms with van der Waals surface area (Å²) < 4.78 is 5.35. The van der Waals surface area contributed by atoms with E-state index < -0.39 is 0 Å². The smallest absolute Gasteiger partial charge is 0.145 e. The number of nitrogens with zero attached hydrogens (tertiary/aromatic N) is 3. The summed E-state index contributed by atoms with van der Waals surface area (Å²) in [6.45, 7) is 2.58. The average molecular weight is 240 g/mol. The number of ether oxygens (including phenoxy) is 1. The zero-order valence-electron chi connectivity index (χ0n) is 9.92. The highest BCUT2D eigenvalue weighted by molar-refractivity contribution is 5.57. The van der Waals surface area contributed by atoms with Crippen LogP contribution in [0.1, 0.15) is 12.6 Å². The van der Waals surface area contributed by atoms with Gasteiger partial charge >= 0.3 is 0 Å². The molecule has 1 aromatic carbocycles. The Morgan fingerprint density at radius 3 is 2.72 bits per heavy atom. The highest BCUT2D eigenvalue weighted by atomic mass is 16.5. The van der Waals surface area contributed by atoms with E-state index in [-0.39, 0.29) is 0 Å². The molecule has 0 aliphatic heterocycles. The molecule has 2 rings (SSSR count). The minimum atomic E-state index is 0.332. The molecule has 0 spiro atoms. The van der Waals surface area contributed by atoms with E-state index >= 15 is 0 Å². The van der Waals surface area contributed by atoms with E-state index in [0.717, 1.165) is 11.4 Å². The fraction of sp³-hybridized carbons (Fsp3) is 0.154. The number of benzene rings is 1. The highest BCUT2D eigenvalue weighted by Gasteiger charge is 1.99. The Kier molecular flexibility index (Phi) is 3.72. The van der Waals surface area contributed by atoms with E-state index in [0.29, 0.717) is 18.1 Å². The van der Waals surface area contributed by atoms with Gasteiger partial charge in [0, 0.05) is 11.8 Å². The number of aromatic nitrogens is 2. The zero-order chi connectivity index (χ0) is 12.8. The van der Waals surface area contributed by atoms with Crippen LogP contribution in [0.2, 0.25) is 0 Å². The van der Waals surface area contributed by atoms with Crippen molar-refractivity contribution in [3.63, 3.8) is 0 Å². The quantitative estimate of drug-likeness (QED) is 0.889. The first-order valence-electron chi connectivity index (χ1n) is 5.54. The SMILES string of the molecule is CCOc1ccc(Nc2cc(C#N)ncn2)cc1. The summed E-state index contributed by atoms with van der Waals surface area (Å²) in [5.41, 5.74) is 1.21. The van der Waals surface area contributed by atoms with Gasteiger partial charge in [-0.2, -0.15) is 5.26 Å². The van der Waals surface area contributed by atoms with Crippen molar-refractivity contribution >= 4 is 11.5 Å². The molecule has 1 aromatic heterocycles. The van der Waals surface area contributed by atoms with E-state index in [1.54, 1.807) is 6.07 Å². The van der Waals surface area contributed by atoms with Crippen LogP contribution in [0.5, 0.6) is 5.75 Å². The Bertz CT molecular complexity index is 560. The van der Waals surface area contributed by atoms with Crippen molar-refractivity contribution in [1.82, 2.24) is 9.97 Å². The third-order valence-electron chi connectivity index (χ3n) is 2.22. The number of hydrogen-bond acceptors (Lipinski definition) is 5. The lowest BCUT2D eigenvalue weighted by molar-refractivity contribution is 0.340. The lowest BCUT2D eigenvalue weighted by atomic mass is 10.3. The Morgan fingerprint density at radius 1 is 1.28 bits per heavy atom. The molecule has 5 heteroatoms. The van der Waals surface area contributed by atoms with Crippen LogP contribution in [0.25, 0.3) is 0 Å². The second kappa shape index (κ2) is 5.64. The maximum atomic E-state index is 8.74. The van der Waals surface area contributed by atoms with E-state index in [1.807, 2.05) is 37.3 Å². The van der Waals surface area contributed by atoms with Crippen molar-refractivity contribution in [2.75, 3.05) is 11.9 Å². The maximum Gasteiger partial charge on any atom is 0.145 e. The molecular weight excluding hydrogens is 228 g/mol. The van der Waals surface area contributed by atoms with Gasteiger partial charge in [0.25, 0.3) is 0 Å². The van der Waals surface area contributed by atoms with Gasteiger partial charge in [-0.3, -0.25) is 0 Å². The third-order valence-corrected chi connectivity index (χ3v) is 2.22. The molecular formula is C13H12N4O. The van der Waals surface area contributed by atoms with Gasteiger partial charge in [-0.1, -0.05) is 0 Å². The van der Waals surface area contributed by atoms with Gasteiger partial charge < -0.3 is 10.1 Å². The minimum absolute atomic E-state index is 0.332. The van der Waals surface area contributed by atoms with Crippen LogP contribution in [-0.2, 0) is 0 Å². The second-order valence-electron chi connectivity index (χ2n) is 3.48. The van der Waals surface area contributed by atoms with E-state index in [1.165, 1.54) is 6.33 Å². The van der Waals surface area contributed by atoms with Crippen LogP contribution in [0.15, 0.2) is 36.7 Å². The Hall–Kier alpha value is -2.61. The number of rotatable bonds is 4. The van der Waals surface area contributed by atoms with Gasteiger partial charge in [-0.25, -0.2) is 9.97 Å². The number of hydrogen-bond donors (Lipinski definition) is 1. The van der Waals surface area contributed by atoms with Gasteiger partial charge in [0.1, 0.15) is 29.7 Å². The summed E-state index contributed by atoms with van der Waals surface area (Å²) in [6.07, 6.45) is 1.36. The molecule has 1 N–H and O–H groups in total. The van der Waals surface area contributed by atoms with Crippen molar-refractivity contribution < 1.29 is 4.74 Å². The highest BCUT2D eigenvalue weighted by Crippen LogP contribution is 2.18. The van der Waals surface area contributed by atoms with Gasteiger partial charge in [0.2, 0.25) is 0 Å². The van der Waals surface area contributed by atoms with Crippen molar-refractivity contribution in [3.05, 3.63) is 42.4 Å². The summed E-state index contributed by atoms with van der Waals surface area (Å²) in [4.78, 5) is 7.84. The Balaban J connectivity index is 2.11. The van der Waals surface area contributed by atoms with Crippen LogP contribution in [0.4, 0.5) is 11.5 Å². The minimum Gasteiger partial charge on any atom is -0.494 e. The summed E-state index contributed by atoms with van der Waals surface area (Å²) in [7, 11) is 0. The van der Waals surface area contributed by atoms with E-state index in [9.17, 15) is 0 Å². The van der Waals surface area contributed by atoms with Crippen LogP contribution in [0.3, 0.4) is 0 Å². The Morgan fingerprint density at radius 2 is 2.06 bits per heavy atom. The molecule has 0 atom stereocenters. The molecule has 18 heavy (non-hydrogen) atoms. The first-order chi connectivity index (χ1) is 8.81. The maximum absolute atomic E-state index is 8.74. The molecule has 0 radical (unpaired) electrons. The molecule has 0 amide bonds. The van der Waals surface area contributed by atoms with Gasteiger partial charge in [-0.05, 0) is 31.2 Å². The largest absolute Gasteiger partial charge is 0.494 e. The lowest BCUT2D eigenvalue weighted by Crippen LogP contribution is -1.96. The van der Waals surface area contributed by atoms with Crippen LogP contribution >= 0.6 is 0 Å². The molecule has 0 unspecified atom stereocenters. The predicted molar refractivity (Wildman–Crippen MR) is 67.6 cm³/mol. The predicted octanol–water partition coefficient (Wildman–Crippen LogP) is 2.49. The molecule has 2 aromatic rings. The molecule has 0 aliphatic rings. The molecule has 90 valence electrons. The standard InChI is InChI=1S/C13H12N4O/c1-2-18-12-5-3-10(4-6-12)17-13-7-11(8-14)15-9-16-13/h3-7,9H,2H2,1H3,(H,15,16,17). The van der Waals surface area contributed by atoms with E-state index in [4.69, 9.17) is 10.00 Å². The van der Waals surface area contributed by atoms with Crippen molar-refractivity contribution in [2.45, 2.75) is 6.92 Å². The van der Waals surface area contributed by atoms with Crippen LogP contribution in [-0.4, -0.2) is 16.6 Å². The topological polar surface area (TPSA) is 70.8 Å². The number of anilines is 2. The fourth-order valence-corrected chi connectivity index (χ4v) is 1.44. The average Bonchev–Trinajstić information content (AvgIpc) is 2.42. The number of nitrogens with one attached hydrogen (secondary N) is 1. The van der Waals surface area contributed by atoms with Gasteiger partial charge in [0.15, 0.2) is 0 Å². The van der Waals surface area contributed by atoms with Gasteiger partial charge in [0.05, 0.1) is 6.61 Å². The Labute approximate surface area is 105 Å². The van der Waals surface area contributed by atoms with Crippen molar-refractivity contribution in [3.8, 4) is 11.8 Å². The van der Waals surface area contributed by atoms with Gasteiger partial charge in [-0.15, -0.1) is 0 Å². The molecule has 5 nitrogen and oxygen atoms in total. The third kappa shape index (κ3) is 2.95. The fourth-order valence-electron chi connectivity index (χ4n) is 1.44. The molecule has 0 bridgehead atoms. The van der Waals surface area contributed by atoms with Crippen LogP contribution < -0.4 is 10.1 Å². The molecule has 0 aliphatic carbocycles. The summed E-state index contributed by atoms with van der Waals surface area (Å²) in [5.74, 6) is 1.41. The summed E-state index contributed by atoms with van der Waals surface area (Å²) in [6, 6.07) is 11.1. The zero-order valence-corrected chi connectivity index (χ0v) is 9.92. The lowest BCUT2D eigenvalue weighted by Gasteiger charge is -2.07. The van der Waals surface area contributed by atoms with Crippen LogP contribution in [0, 0.1) is 11.3 Å². The van der Waals surface area contributed by atoms with Crippen molar-refractivity contribution in [2.24, 2.45) is 0 Å². The molecule has 0 saturated heterocycles. The summed E-state index contributed by atoms with van der Waals surface area (Å²) >= 11 is 0. The summed E-state index contributed by atoms with van der Waals surface area (Å²) in [5, 5.41) is 11.8. The molecule has 0 saturated carbocycles. The molecule has 1 heterocycles. The first-order valence-corrected chi connectivity index (χ1v) is 5.54.